The summed E-state index contributed by atoms with van der Waals surface area (Å²) in [6.45, 7) is 0. The molecular formula is C17H10O7S2. The Morgan fingerprint density at radius 1 is 0.731 bits per heavy atom. The van der Waals surface area contributed by atoms with E-state index in [9.17, 15) is 22.3 Å². The quantitative estimate of drug-likeness (QED) is 0.404. The number of rotatable bonds is 4. The minimum atomic E-state index is -2.51. The average Bonchev–Trinajstić information content (AvgIpc) is 3.19. The molecule has 7 nitrogen and oxygen atoms in total. The van der Waals surface area contributed by atoms with E-state index in [2.05, 4.69) is 0 Å². The summed E-state index contributed by atoms with van der Waals surface area (Å²) in [6.07, 6.45) is 0. The van der Waals surface area contributed by atoms with Crippen LogP contribution in [0.5, 0.6) is 0 Å². The Labute approximate surface area is 151 Å². The highest BCUT2D eigenvalue weighted by atomic mass is 32.2. The number of para-hydroxylation sites is 2. The number of hydrogen-bond acceptors (Lipinski definition) is 5. The topological polar surface area (TPSA) is 118 Å². The highest BCUT2D eigenvalue weighted by Gasteiger charge is 2.32. The van der Waals surface area contributed by atoms with Gasteiger partial charge in [-0.05, 0) is 24.3 Å². The van der Waals surface area contributed by atoms with Crippen LogP contribution in [0.15, 0.2) is 67.2 Å². The zero-order chi connectivity index (χ0) is 18.4. The molecule has 132 valence electrons. The molecule has 0 saturated heterocycles. The number of hydrogen-bond donors (Lipinski definition) is 2. The van der Waals surface area contributed by atoms with Crippen molar-refractivity contribution in [1.82, 2.24) is 0 Å². The van der Waals surface area contributed by atoms with Crippen LogP contribution in [0.2, 0.25) is 0 Å². The summed E-state index contributed by atoms with van der Waals surface area (Å²) in [7, 11) is 0. The molecule has 0 aliphatic carbocycles. The molecule has 4 rings (SSSR count). The van der Waals surface area contributed by atoms with E-state index in [-0.39, 0.29) is 21.0 Å². The van der Waals surface area contributed by atoms with Gasteiger partial charge in [0.05, 0.1) is 0 Å². The summed E-state index contributed by atoms with van der Waals surface area (Å²) in [5.74, 6) is -1.69. The van der Waals surface area contributed by atoms with Crippen LogP contribution in [0.1, 0.15) is 16.3 Å². The molecule has 2 unspecified atom stereocenters. The molecule has 2 aromatic carbocycles. The van der Waals surface area contributed by atoms with Gasteiger partial charge in [-0.15, -0.1) is 0 Å². The van der Waals surface area contributed by atoms with Crippen molar-refractivity contribution in [3.63, 3.8) is 0 Å². The van der Waals surface area contributed by atoms with Crippen molar-refractivity contribution in [3.8, 4) is 0 Å². The van der Waals surface area contributed by atoms with Crippen LogP contribution in [0.25, 0.3) is 21.9 Å². The van der Waals surface area contributed by atoms with Gasteiger partial charge in [-0.25, -0.2) is 8.42 Å². The van der Waals surface area contributed by atoms with E-state index < -0.39 is 39.5 Å². The minimum absolute atomic E-state index is 0.208. The van der Waals surface area contributed by atoms with Gasteiger partial charge in [0.2, 0.25) is 0 Å². The third-order valence-corrected chi connectivity index (χ3v) is 5.37. The van der Waals surface area contributed by atoms with Crippen molar-refractivity contribution in [2.24, 2.45) is 0 Å². The third kappa shape index (κ3) is 2.53. The molecule has 0 aliphatic heterocycles. The zero-order valence-corrected chi connectivity index (χ0v) is 14.5. The summed E-state index contributed by atoms with van der Waals surface area (Å²) in [4.78, 5) is 12.5. The molecule has 9 heteroatoms. The van der Waals surface area contributed by atoms with E-state index in [0.29, 0.717) is 10.8 Å². The number of furan rings is 2. The SMILES string of the molecule is O=C(c1oc2ccccc2c1S(=O)O)c1oc2ccccc2c1S(=O)O. The molecule has 2 N–H and O–H groups in total. The van der Waals surface area contributed by atoms with E-state index in [0.717, 1.165) is 0 Å². The molecule has 2 heterocycles. The van der Waals surface area contributed by atoms with Crippen molar-refractivity contribution in [2.45, 2.75) is 9.79 Å². The number of carbonyl (C=O) groups excluding carboxylic acids is 1. The standard InChI is InChI=1S/C17H10O7S2/c18-13(14-16(25(19)20)9-5-1-3-7-11(9)23-14)15-17(26(21)22)10-6-2-4-8-12(10)24-15/h1-8H,(H,19,20)(H,21,22). The Morgan fingerprint density at radius 3 is 1.50 bits per heavy atom. The normalized spacial score (nSPS) is 13.9. The van der Waals surface area contributed by atoms with Gasteiger partial charge >= 0.3 is 0 Å². The molecule has 0 fully saturated rings. The highest BCUT2D eigenvalue weighted by molar-refractivity contribution is 7.80. The predicted octanol–water partition coefficient (Wildman–Crippen LogP) is 3.57. The van der Waals surface area contributed by atoms with Crippen molar-refractivity contribution in [1.29, 1.82) is 0 Å². The Morgan fingerprint density at radius 2 is 1.12 bits per heavy atom. The summed E-state index contributed by atoms with van der Waals surface area (Å²) in [5.41, 5.74) is 0.493. The van der Waals surface area contributed by atoms with Gasteiger partial charge in [0.15, 0.2) is 33.7 Å². The first-order valence-corrected chi connectivity index (χ1v) is 9.50. The number of fused-ring (bicyclic) bond motifs is 2. The van der Waals surface area contributed by atoms with Crippen molar-refractivity contribution < 1.29 is 31.2 Å². The Bertz CT molecular complexity index is 1120. The second kappa shape index (κ2) is 6.29. The first-order chi connectivity index (χ1) is 12.5. The van der Waals surface area contributed by atoms with Gasteiger partial charge in [-0.2, -0.15) is 0 Å². The lowest BCUT2D eigenvalue weighted by molar-refractivity contribution is 0.0978. The molecule has 26 heavy (non-hydrogen) atoms. The first-order valence-electron chi connectivity index (χ1n) is 7.28. The van der Waals surface area contributed by atoms with E-state index in [1.54, 1.807) is 48.5 Å². The summed E-state index contributed by atoms with van der Waals surface area (Å²) >= 11 is -5.02. The lowest BCUT2D eigenvalue weighted by Crippen LogP contribution is -2.06. The van der Waals surface area contributed by atoms with Gasteiger partial charge in [0.25, 0.3) is 5.78 Å². The van der Waals surface area contributed by atoms with Crippen LogP contribution in [-0.4, -0.2) is 23.3 Å². The van der Waals surface area contributed by atoms with Crippen LogP contribution < -0.4 is 0 Å². The van der Waals surface area contributed by atoms with E-state index in [4.69, 9.17) is 8.83 Å². The van der Waals surface area contributed by atoms with E-state index in [1.165, 1.54) is 0 Å². The predicted molar refractivity (Wildman–Crippen MR) is 93.9 cm³/mol. The van der Waals surface area contributed by atoms with E-state index >= 15 is 0 Å². The first kappa shape index (κ1) is 16.9. The molecule has 2 atom stereocenters. The summed E-state index contributed by atoms with van der Waals surface area (Å²) in [5, 5.41) is 0.610. The monoisotopic (exact) mass is 390 g/mol. The fraction of sp³-hybridized carbons (Fsp3) is 0. The molecule has 0 radical (unpaired) electrons. The number of ketones is 1. The van der Waals surface area contributed by atoms with Gasteiger partial charge in [-0.1, -0.05) is 24.3 Å². The maximum absolute atomic E-state index is 13.0. The second-order valence-electron chi connectivity index (χ2n) is 5.34. The molecular weight excluding hydrogens is 380 g/mol. The summed E-state index contributed by atoms with van der Waals surface area (Å²) < 4.78 is 53.7. The van der Waals surface area contributed by atoms with Gasteiger partial charge in [-0.3, -0.25) is 4.79 Å². The molecule has 0 amide bonds. The number of benzene rings is 2. The molecule has 0 spiro atoms. The zero-order valence-electron chi connectivity index (χ0n) is 12.9. The maximum Gasteiger partial charge on any atom is 0.266 e. The third-order valence-electron chi connectivity index (χ3n) is 3.86. The second-order valence-corrected chi connectivity index (χ2v) is 7.15. The van der Waals surface area contributed by atoms with Crippen molar-refractivity contribution in [3.05, 3.63) is 60.1 Å². The Balaban J connectivity index is 2.00. The maximum atomic E-state index is 13.0. The van der Waals surface area contributed by atoms with Gasteiger partial charge in [0.1, 0.15) is 21.0 Å². The highest BCUT2D eigenvalue weighted by Crippen LogP contribution is 2.34. The fourth-order valence-corrected chi connectivity index (χ4v) is 4.09. The van der Waals surface area contributed by atoms with Crippen LogP contribution in [-0.2, 0) is 22.2 Å². The van der Waals surface area contributed by atoms with Crippen LogP contribution in [0.3, 0.4) is 0 Å². The Hall–Kier alpha value is -2.59. The largest absolute Gasteiger partial charge is 0.451 e. The van der Waals surface area contributed by atoms with E-state index in [1.807, 2.05) is 0 Å². The van der Waals surface area contributed by atoms with Crippen LogP contribution in [0.4, 0.5) is 0 Å². The summed E-state index contributed by atoms with van der Waals surface area (Å²) in [6, 6.07) is 12.8. The molecule has 2 aromatic heterocycles. The van der Waals surface area contributed by atoms with Gasteiger partial charge in [0, 0.05) is 10.8 Å². The lowest BCUT2D eigenvalue weighted by Gasteiger charge is -1.98. The lowest BCUT2D eigenvalue weighted by atomic mass is 10.2. The smallest absolute Gasteiger partial charge is 0.266 e. The molecule has 0 saturated carbocycles. The van der Waals surface area contributed by atoms with Crippen LogP contribution >= 0.6 is 0 Å². The van der Waals surface area contributed by atoms with Gasteiger partial charge < -0.3 is 17.9 Å². The minimum Gasteiger partial charge on any atom is -0.451 e. The van der Waals surface area contributed by atoms with Crippen molar-refractivity contribution >= 4 is 49.9 Å². The average molecular weight is 390 g/mol. The fourth-order valence-electron chi connectivity index (χ4n) is 2.79. The molecule has 0 aliphatic rings. The molecule has 0 bridgehead atoms. The Kier molecular flexibility index (Phi) is 4.08. The van der Waals surface area contributed by atoms with Crippen molar-refractivity contribution in [2.75, 3.05) is 0 Å². The molecule has 4 aromatic rings. The van der Waals surface area contributed by atoms with Crippen LogP contribution in [0, 0.1) is 0 Å². The number of carbonyl (C=O) groups is 1.